The highest BCUT2D eigenvalue weighted by atomic mass is 79.9. The van der Waals surface area contributed by atoms with Crippen LogP contribution in [0.25, 0.3) is 16.8 Å². The average Bonchev–Trinajstić information content (AvgIpc) is 3.63. The van der Waals surface area contributed by atoms with Crippen molar-refractivity contribution in [2.75, 3.05) is 0 Å². The van der Waals surface area contributed by atoms with Crippen LogP contribution in [0.1, 0.15) is 42.1 Å². The Labute approximate surface area is 234 Å². The number of halogens is 1. The van der Waals surface area contributed by atoms with Crippen molar-refractivity contribution in [1.29, 1.82) is 0 Å². The minimum Gasteiger partial charge on any atom is -0.274 e. The van der Waals surface area contributed by atoms with Gasteiger partial charge in [0.1, 0.15) is 5.82 Å². The zero-order chi connectivity index (χ0) is 27.5. The molecule has 39 heavy (non-hydrogen) atoms. The van der Waals surface area contributed by atoms with Crippen molar-refractivity contribution in [2.24, 2.45) is 0 Å². The molecule has 202 valence electrons. The Kier molecular flexibility index (Phi) is 6.36. The summed E-state index contributed by atoms with van der Waals surface area (Å²) in [4.78, 5) is 4.79. The second-order valence-corrected chi connectivity index (χ2v) is 14.3. The highest BCUT2D eigenvalue weighted by Crippen LogP contribution is 2.36. The van der Waals surface area contributed by atoms with Gasteiger partial charge in [0, 0.05) is 22.6 Å². The molecule has 13 heteroatoms. The largest absolute Gasteiger partial charge is 0.274 e. The number of rotatable bonds is 6. The van der Waals surface area contributed by atoms with Gasteiger partial charge < -0.3 is 0 Å². The molecule has 0 unspecified atom stereocenters. The number of benzene rings is 2. The molecule has 0 saturated heterocycles. The summed E-state index contributed by atoms with van der Waals surface area (Å²) in [6, 6.07) is 13.0. The van der Waals surface area contributed by atoms with E-state index in [0.29, 0.717) is 36.3 Å². The van der Waals surface area contributed by atoms with E-state index >= 15 is 0 Å². The molecule has 1 N–H and O–H groups in total. The van der Waals surface area contributed by atoms with E-state index in [2.05, 4.69) is 35.8 Å². The van der Waals surface area contributed by atoms with Gasteiger partial charge in [-0.3, -0.25) is 4.40 Å². The molecule has 3 heterocycles. The van der Waals surface area contributed by atoms with Gasteiger partial charge in [-0.25, -0.2) is 30.5 Å². The van der Waals surface area contributed by atoms with Crippen LogP contribution in [-0.2, 0) is 20.0 Å². The standard InChI is InChI=1S/C26H25BrN6O4S2/c1-16-3-7-20(8-4-16)39(36,37)32-12-11-23-26(32)28-15-24-29-30-25(33(23)24)18-5-6-19(14-18)31-38(34,35)21-9-10-22(27)17(2)13-21/h3-4,7-13,15,18-19,31H,5-6,14H2,1-2H3/t18-,19+/m1/s1. The van der Waals surface area contributed by atoms with E-state index in [1.54, 1.807) is 48.5 Å². The first-order chi connectivity index (χ1) is 18.5. The van der Waals surface area contributed by atoms with Crippen molar-refractivity contribution < 1.29 is 16.8 Å². The lowest BCUT2D eigenvalue weighted by Gasteiger charge is -2.14. The number of nitrogens with one attached hydrogen (secondary N) is 1. The Morgan fingerprint density at radius 2 is 1.69 bits per heavy atom. The van der Waals surface area contributed by atoms with Crippen LogP contribution in [0.4, 0.5) is 0 Å². The number of hydrogen-bond donors (Lipinski definition) is 1. The maximum absolute atomic E-state index is 13.4. The molecular weight excluding hydrogens is 604 g/mol. The van der Waals surface area contributed by atoms with E-state index in [1.165, 1.54) is 16.4 Å². The molecule has 0 spiro atoms. The van der Waals surface area contributed by atoms with Crippen molar-refractivity contribution in [3.05, 3.63) is 82.3 Å². The van der Waals surface area contributed by atoms with E-state index in [1.807, 2.05) is 18.2 Å². The molecule has 0 radical (unpaired) electrons. The van der Waals surface area contributed by atoms with Crippen LogP contribution < -0.4 is 4.72 Å². The molecule has 2 aromatic carbocycles. The number of aryl methyl sites for hydroxylation is 2. The molecule has 6 rings (SSSR count). The van der Waals surface area contributed by atoms with Crippen LogP contribution in [0.2, 0.25) is 0 Å². The normalized spacial score (nSPS) is 18.3. The molecular formula is C26H25BrN6O4S2. The van der Waals surface area contributed by atoms with Crippen molar-refractivity contribution in [3.8, 4) is 0 Å². The summed E-state index contributed by atoms with van der Waals surface area (Å²) in [6.07, 6.45) is 4.89. The number of hydrogen-bond acceptors (Lipinski definition) is 7. The molecule has 1 fully saturated rings. The van der Waals surface area contributed by atoms with E-state index in [-0.39, 0.29) is 27.4 Å². The van der Waals surface area contributed by atoms with Crippen LogP contribution in [0.3, 0.4) is 0 Å². The topological polar surface area (TPSA) is 128 Å². The molecule has 0 bridgehead atoms. The fourth-order valence-corrected chi connectivity index (χ4v) is 8.04. The van der Waals surface area contributed by atoms with Crippen molar-refractivity contribution >= 4 is 52.8 Å². The highest BCUT2D eigenvalue weighted by Gasteiger charge is 2.33. The van der Waals surface area contributed by atoms with Crippen LogP contribution in [0.15, 0.2) is 75.2 Å². The van der Waals surface area contributed by atoms with E-state index in [9.17, 15) is 16.8 Å². The van der Waals surface area contributed by atoms with Gasteiger partial charge in [0.05, 0.1) is 21.5 Å². The summed E-state index contributed by atoms with van der Waals surface area (Å²) in [5, 5.41) is 8.68. The fourth-order valence-electron chi connectivity index (χ4n) is 5.13. The van der Waals surface area contributed by atoms with Crippen molar-refractivity contribution in [1.82, 2.24) is 28.3 Å². The lowest BCUT2D eigenvalue weighted by atomic mass is 10.1. The summed E-state index contributed by atoms with van der Waals surface area (Å²) in [6.45, 7) is 3.74. The molecule has 2 atom stereocenters. The second kappa shape index (κ2) is 9.51. The van der Waals surface area contributed by atoms with Crippen LogP contribution in [0, 0.1) is 13.8 Å². The van der Waals surface area contributed by atoms with Crippen LogP contribution in [-0.4, -0.2) is 46.4 Å². The van der Waals surface area contributed by atoms with Crippen LogP contribution in [0.5, 0.6) is 0 Å². The molecule has 10 nitrogen and oxygen atoms in total. The number of fused-ring (bicyclic) bond motifs is 3. The van der Waals surface area contributed by atoms with Gasteiger partial charge in [-0.15, -0.1) is 10.2 Å². The second-order valence-electron chi connectivity index (χ2n) is 9.89. The predicted octanol–water partition coefficient (Wildman–Crippen LogP) is 4.31. The summed E-state index contributed by atoms with van der Waals surface area (Å²) in [7, 11) is -7.55. The zero-order valence-corrected chi connectivity index (χ0v) is 24.3. The van der Waals surface area contributed by atoms with Gasteiger partial charge >= 0.3 is 0 Å². The molecule has 5 aromatic rings. The summed E-state index contributed by atoms with van der Waals surface area (Å²) in [5.74, 6) is 0.589. The third-order valence-corrected chi connectivity index (χ3v) is 11.3. The lowest BCUT2D eigenvalue weighted by molar-refractivity contribution is 0.546. The first kappa shape index (κ1) is 26.1. The minimum atomic E-state index is -3.86. The molecule has 1 aliphatic rings. The Morgan fingerprint density at radius 1 is 0.949 bits per heavy atom. The Balaban J connectivity index is 1.31. The average molecular weight is 630 g/mol. The molecule has 0 aliphatic heterocycles. The quantitative estimate of drug-likeness (QED) is 0.297. The Morgan fingerprint density at radius 3 is 2.44 bits per heavy atom. The maximum Gasteiger partial charge on any atom is 0.269 e. The zero-order valence-electron chi connectivity index (χ0n) is 21.1. The fraction of sp³-hybridized carbons (Fsp3) is 0.269. The highest BCUT2D eigenvalue weighted by molar-refractivity contribution is 9.10. The maximum atomic E-state index is 13.4. The van der Waals surface area contributed by atoms with Gasteiger partial charge in [0.25, 0.3) is 10.0 Å². The van der Waals surface area contributed by atoms with Crippen molar-refractivity contribution in [3.63, 3.8) is 0 Å². The monoisotopic (exact) mass is 628 g/mol. The SMILES string of the molecule is Cc1ccc(S(=O)(=O)n2ccc3c2ncc2nnc([C@@H]4CC[C@H](NS(=O)(=O)c5ccc(Br)c(C)c5)C4)n23)cc1. The van der Waals surface area contributed by atoms with E-state index in [0.717, 1.165) is 15.6 Å². The summed E-state index contributed by atoms with van der Waals surface area (Å²) < 4.78 is 59.5. The Bertz CT molecular complexity index is 1950. The summed E-state index contributed by atoms with van der Waals surface area (Å²) in [5.41, 5.74) is 3.13. The molecule has 3 aromatic heterocycles. The third kappa shape index (κ3) is 4.56. The van der Waals surface area contributed by atoms with Gasteiger partial charge in [-0.05, 0) is 75.1 Å². The molecule has 1 saturated carbocycles. The lowest BCUT2D eigenvalue weighted by Crippen LogP contribution is -2.33. The van der Waals surface area contributed by atoms with E-state index < -0.39 is 20.0 Å². The smallest absolute Gasteiger partial charge is 0.269 e. The molecule has 0 amide bonds. The molecule has 1 aliphatic carbocycles. The van der Waals surface area contributed by atoms with Gasteiger partial charge in [-0.1, -0.05) is 33.6 Å². The van der Waals surface area contributed by atoms with Gasteiger partial charge in [0.15, 0.2) is 11.3 Å². The number of nitrogens with zero attached hydrogens (tertiary/aromatic N) is 5. The minimum absolute atomic E-state index is 0.0676. The third-order valence-electron chi connectivity index (χ3n) is 7.20. The Hall–Kier alpha value is -3.13. The first-order valence-corrected chi connectivity index (χ1v) is 16.1. The number of sulfonamides is 1. The van der Waals surface area contributed by atoms with Gasteiger partial charge in [-0.2, -0.15) is 0 Å². The van der Waals surface area contributed by atoms with Gasteiger partial charge in [0.2, 0.25) is 10.0 Å². The predicted molar refractivity (Wildman–Crippen MR) is 150 cm³/mol. The summed E-state index contributed by atoms with van der Waals surface area (Å²) >= 11 is 3.41. The van der Waals surface area contributed by atoms with Crippen LogP contribution >= 0.6 is 15.9 Å². The number of aromatic nitrogens is 5. The first-order valence-electron chi connectivity index (χ1n) is 12.4. The van der Waals surface area contributed by atoms with Crippen molar-refractivity contribution in [2.45, 2.75) is 54.9 Å². The van der Waals surface area contributed by atoms with E-state index in [4.69, 9.17) is 0 Å².